The average molecular weight is 284 g/mol. The Hall–Kier alpha value is -1.68. The van der Waals surface area contributed by atoms with Crippen LogP contribution in [0.2, 0.25) is 0 Å². The van der Waals surface area contributed by atoms with E-state index in [-0.39, 0.29) is 6.04 Å². The summed E-state index contributed by atoms with van der Waals surface area (Å²) in [4.78, 5) is 4.50. The number of hydrogen-bond donors (Lipinski definition) is 1. The summed E-state index contributed by atoms with van der Waals surface area (Å²) in [6.07, 6.45) is 8.05. The van der Waals surface area contributed by atoms with Crippen molar-refractivity contribution in [1.29, 1.82) is 0 Å². The van der Waals surface area contributed by atoms with Crippen LogP contribution in [-0.2, 0) is 6.42 Å². The van der Waals surface area contributed by atoms with Crippen LogP contribution in [0, 0.1) is 13.8 Å². The minimum Gasteiger partial charge on any atom is -0.324 e. The molecule has 4 heteroatoms. The van der Waals surface area contributed by atoms with E-state index in [1.165, 1.54) is 25.7 Å². The van der Waals surface area contributed by atoms with E-state index in [1.807, 2.05) is 19.9 Å². The SMILES string of the molecule is Cc1ccc(C(N)Cc2ccn(C3CCCC3)n2)c(C)n1. The summed E-state index contributed by atoms with van der Waals surface area (Å²) in [7, 11) is 0. The smallest absolute Gasteiger partial charge is 0.0643 e. The number of aryl methyl sites for hydroxylation is 2. The molecule has 0 aromatic carbocycles. The number of hydrogen-bond acceptors (Lipinski definition) is 3. The molecule has 2 N–H and O–H groups in total. The molecule has 0 amide bonds. The molecule has 2 heterocycles. The van der Waals surface area contributed by atoms with Crippen LogP contribution in [0.4, 0.5) is 0 Å². The Morgan fingerprint density at radius 3 is 2.71 bits per heavy atom. The lowest BCUT2D eigenvalue weighted by molar-refractivity contribution is 0.461. The van der Waals surface area contributed by atoms with Crippen molar-refractivity contribution in [3.05, 3.63) is 47.0 Å². The summed E-state index contributed by atoms with van der Waals surface area (Å²) in [5.74, 6) is 0. The van der Waals surface area contributed by atoms with E-state index in [0.29, 0.717) is 6.04 Å². The van der Waals surface area contributed by atoms with Crippen molar-refractivity contribution >= 4 is 0 Å². The van der Waals surface area contributed by atoms with Crippen molar-refractivity contribution in [3.8, 4) is 0 Å². The molecule has 1 unspecified atom stereocenters. The normalized spacial score (nSPS) is 17.3. The number of nitrogens with two attached hydrogens (primary N) is 1. The van der Waals surface area contributed by atoms with E-state index >= 15 is 0 Å². The molecule has 1 saturated carbocycles. The second-order valence-corrected chi connectivity index (χ2v) is 6.16. The van der Waals surface area contributed by atoms with Crippen molar-refractivity contribution in [2.24, 2.45) is 5.73 Å². The highest BCUT2D eigenvalue weighted by molar-refractivity contribution is 5.26. The standard InChI is InChI=1S/C17H24N4/c1-12-7-8-16(13(2)19-12)17(18)11-14-9-10-21(20-14)15-5-3-4-6-15/h7-10,15,17H,3-6,11,18H2,1-2H3. The Morgan fingerprint density at radius 2 is 2.00 bits per heavy atom. The molecule has 0 bridgehead atoms. The van der Waals surface area contributed by atoms with E-state index in [4.69, 9.17) is 10.8 Å². The zero-order chi connectivity index (χ0) is 14.8. The molecule has 1 aliphatic rings. The zero-order valence-electron chi connectivity index (χ0n) is 12.9. The number of aromatic nitrogens is 3. The van der Waals surface area contributed by atoms with Crippen LogP contribution in [0.1, 0.15) is 60.4 Å². The molecular formula is C17H24N4. The summed E-state index contributed by atoms with van der Waals surface area (Å²) >= 11 is 0. The Kier molecular flexibility index (Phi) is 4.06. The first-order valence-electron chi connectivity index (χ1n) is 7.87. The Balaban J connectivity index is 1.70. The lowest BCUT2D eigenvalue weighted by Crippen LogP contribution is -2.16. The van der Waals surface area contributed by atoms with E-state index < -0.39 is 0 Å². The third kappa shape index (κ3) is 3.16. The predicted octanol–water partition coefficient (Wildman–Crippen LogP) is 3.25. The maximum Gasteiger partial charge on any atom is 0.0643 e. The highest BCUT2D eigenvalue weighted by Gasteiger charge is 2.18. The number of nitrogens with zero attached hydrogens (tertiary/aromatic N) is 3. The van der Waals surface area contributed by atoms with Gasteiger partial charge in [-0.3, -0.25) is 9.67 Å². The molecule has 2 aromatic rings. The Labute approximate surface area is 126 Å². The summed E-state index contributed by atoms with van der Waals surface area (Å²) in [6, 6.07) is 6.79. The molecule has 1 fully saturated rings. The van der Waals surface area contributed by atoms with Crippen molar-refractivity contribution in [1.82, 2.24) is 14.8 Å². The Bertz CT molecular complexity index is 611. The predicted molar refractivity (Wildman–Crippen MR) is 84.1 cm³/mol. The van der Waals surface area contributed by atoms with Crippen molar-refractivity contribution in [3.63, 3.8) is 0 Å². The molecule has 1 atom stereocenters. The molecule has 3 rings (SSSR count). The van der Waals surface area contributed by atoms with Crippen LogP contribution in [0.5, 0.6) is 0 Å². The molecule has 0 radical (unpaired) electrons. The largest absolute Gasteiger partial charge is 0.324 e. The van der Waals surface area contributed by atoms with Crippen molar-refractivity contribution in [2.45, 2.75) is 58.0 Å². The second kappa shape index (κ2) is 5.98. The van der Waals surface area contributed by atoms with E-state index in [0.717, 1.165) is 29.1 Å². The maximum absolute atomic E-state index is 6.35. The third-order valence-electron chi connectivity index (χ3n) is 4.46. The van der Waals surface area contributed by atoms with Crippen LogP contribution in [0.3, 0.4) is 0 Å². The maximum atomic E-state index is 6.35. The van der Waals surface area contributed by atoms with Gasteiger partial charge in [-0.25, -0.2) is 0 Å². The van der Waals surface area contributed by atoms with Gasteiger partial charge in [0.05, 0.1) is 11.7 Å². The van der Waals surface area contributed by atoms with Gasteiger partial charge in [0.25, 0.3) is 0 Å². The van der Waals surface area contributed by atoms with Crippen LogP contribution in [0.25, 0.3) is 0 Å². The molecule has 4 nitrogen and oxygen atoms in total. The second-order valence-electron chi connectivity index (χ2n) is 6.16. The lowest BCUT2D eigenvalue weighted by Gasteiger charge is -2.14. The monoisotopic (exact) mass is 284 g/mol. The number of pyridine rings is 1. The van der Waals surface area contributed by atoms with Crippen LogP contribution in [0.15, 0.2) is 24.4 Å². The molecule has 1 aliphatic carbocycles. The Morgan fingerprint density at radius 1 is 1.24 bits per heavy atom. The summed E-state index contributed by atoms with van der Waals surface area (Å²) in [5.41, 5.74) is 10.6. The van der Waals surface area contributed by atoms with Gasteiger partial charge in [0, 0.05) is 30.0 Å². The van der Waals surface area contributed by atoms with Gasteiger partial charge in [-0.1, -0.05) is 18.9 Å². The zero-order valence-corrected chi connectivity index (χ0v) is 12.9. The molecule has 0 aliphatic heterocycles. The molecule has 2 aromatic heterocycles. The van der Waals surface area contributed by atoms with Gasteiger partial charge in [-0.15, -0.1) is 0 Å². The molecular weight excluding hydrogens is 260 g/mol. The number of rotatable bonds is 4. The fraction of sp³-hybridized carbons (Fsp3) is 0.529. The van der Waals surface area contributed by atoms with Crippen LogP contribution < -0.4 is 5.73 Å². The summed E-state index contributed by atoms with van der Waals surface area (Å²) in [6.45, 7) is 4.03. The van der Waals surface area contributed by atoms with Crippen LogP contribution in [-0.4, -0.2) is 14.8 Å². The van der Waals surface area contributed by atoms with Gasteiger partial charge in [0.2, 0.25) is 0 Å². The minimum absolute atomic E-state index is 0.0370. The van der Waals surface area contributed by atoms with Crippen molar-refractivity contribution < 1.29 is 0 Å². The van der Waals surface area contributed by atoms with E-state index in [9.17, 15) is 0 Å². The topological polar surface area (TPSA) is 56.7 Å². The highest BCUT2D eigenvalue weighted by Crippen LogP contribution is 2.29. The first-order valence-corrected chi connectivity index (χ1v) is 7.87. The van der Waals surface area contributed by atoms with E-state index in [1.54, 1.807) is 0 Å². The summed E-state index contributed by atoms with van der Waals surface area (Å²) in [5, 5.41) is 4.72. The quantitative estimate of drug-likeness (QED) is 0.937. The van der Waals surface area contributed by atoms with Gasteiger partial charge in [0.15, 0.2) is 0 Å². The minimum atomic E-state index is -0.0370. The van der Waals surface area contributed by atoms with Crippen molar-refractivity contribution in [2.75, 3.05) is 0 Å². The first-order chi connectivity index (χ1) is 10.1. The third-order valence-corrected chi connectivity index (χ3v) is 4.46. The fourth-order valence-corrected chi connectivity index (χ4v) is 3.28. The van der Waals surface area contributed by atoms with Gasteiger partial charge in [0.1, 0.15) is 0 Å². The lowest BCUT2D eigenvalue weighted by atomic mass is 10.0. The highest BCUT2D eigenvalue weighted by atomic mass is 15.3. The molecule has 112 valence electrons. The van der Waals surface area contributed by atoms with Gasteiger partial charge < -0.3 is 5.73 Å². The van der Waals surface area contributed by atoms with Crippen LogP contribution >= 0.6 is 0 Å². The van der Waals surface area contributed by atoms with E-state index in [2.05, 4.69) is 28.0 Å². The molecule has 0 spiro atoms. The van der Waals surface area contributed by atoms with Gasteiger partial charge in [-0.2, -0.15) is 5.10 Å². The molecule has 21 heavy (non-hydrogen) atoms. The first kappa shape index (κ1) is 14.3. The summed E-state index contributed by atoms with van der Waals surface area (Å²) < 4.78 is 2.13. The van der Waals surface area contributed by atoms with Gasteiger partial charge in [-0.05, 0) is 44.4 Å². The average Bonchev–Trinajstić information content (AvgIpc) is 3.08. The van der Waals surface area contributed by atoms with Gasteiger partial charge >= 0.3 is 0 Å². The fourth-order valence-electron chi connectivity index (χ4n) is 3.28. The molecule has 0 saturated heterocycles.